The number of hydrogen-bond donors (Lipinski definition) is 0. The normalized spacial score (nSPS) is 33.2. The molecule has 1 aliphatic heterocycles. The van der Waals surface area contributed by atoms with Crippen LogP contribution in [-0.4, -0.2) is 23.0 Å². The summed E-state index contributed by atoms with van der Waals surface area (Å²) in [5.41, 5.74) is 0.197. The predicted octanol–water partition coefficient (Wildman–Crippen LogP) is 2.02. The molecule has 1 saturated heterocycles. The molecule has 68 valence electrons. The molecule has 2 nitrogen and oxygen atoms in total. The van der Waals surface area contributed by atoms with Crippen molar-refractivity contribution < 1.29 is 0 Å². The zero-order valence-electron chi connectivity index (χ0n) is 8.68. The Labute approximate surface area is 75.2 Å². The Balaban J connectivity index is 2.98. The molecule has 1 fully saturated rings. The third kappa shape index (κ3) is 1.13. The summed E-state index contributed by atoms with van der Waals surface area (Å²) in [5, 5.41) is 8.97. The van der Waals surface area contributed by atoms with E-state index in [4.69, 9.17) is 5.26 Å². The van der Waals surface area contributed by atoms with E-state index >= 15 is 0 Å². The maximum Gasteiger partial charge on any atom is 0.0675 e. The summed E-state index contributed by atoms with van der Waals surface area (Å²) < 4.78 is 0. The van der Waals surface area contributed by atoms with E-state index in [1.54, 1.807) is 0 Å². The highest BCUT2D eigenvalue weighted by Gasteiger charge is 2.49. The van der Waals surface area contributed by atoms with E-state index in [9.17, 15) is 0 Å². The Bertz CT molecular complexity index is 222. The average Bonchev–Trinajstić information content (AvgIpc) is 2.11. The van der Waals surface area contributed by atoms with Crippen LogP contribution < -0.4 is 0 Å². The van der Waals surface area contributed by atoms with Crippen molar-refractivity contribution in [2.75, 3.05) is 7.05 Å². The van der Waals surface area contributed by atoms with E-state index in [0.717, 1.165) is 6.42 Å². The number of hydrogen-bond acceptors (Lipinski definition) is 2. The molecule has 0 N–H and O–H groups in total. The molecule has 0 aromatic heterocycles. The van der Waals surface area contributed by atoms with E-state index in [0.29, 0.717) is 0 Å². The fraction of sp³-hybridized carbons (Fsp3) is 0.900. The van der Waals surface area contributed by atoms with Gasteiger partial charge in [0.2, 0.25) is 0 Å². The Morgan fingerprint density at radius 1 is 1.33 bits per heavy atom. The highest BCUT2D eigenvalue weighted by Crippen LogP contribution is 2.42. The van der Waals surface area contributed by atoms with Gasteiger partial charge in [-0.3, -0.25) is 4.90 Å². The molecule has 0 aromatic carbocycles. The third-order valence-electron chi connectivity index (χ3n) is 3.48. The minimum atomic E-state index is 0.0260. The third-order valence-corrected chi connectivity index (χ3v) is 3.48. The Hall–Kier alpha value is -0.550. The van der Waals surface area contributed by atoms with Crippen LogP contribution in [0, 0.1) is 17.2 Å². The van der Waals surface area contributed by atoms with Gasteiger partial charge in [0.15, 0.2) is 0 Å². The molecule has 1 aliphatic rings. The lowest BCUT2D eigenvalue weighted by Gasteiger charge is -2.37. The molecule has 0 aliphatic carbocycles. The lowest BCUT2D eigenvalue weighted by molar-refractivity contribution is 0.107. The molecular weight excluding hydrogens is 148 g/mol. The summed E-state index contributed by atoms with van der Waals surface area (Å²) in [6.45, 7) is 8.70. The number of rotatable bonds is 0. The SMILES string of the molecule is CN1C(C)(C)CC(C#N)C1(C)C. The molecule has 1 heterocycles. The van der Waals surface area contributed by atoms with Gasteiger partial charge in [0, 0.05) is 11.1 Å². The smallest absolute Gasteiger partial charge is 0.0675 e. The highest BCUT2D eigenvalue weighted by molar-refractivity contribution is 5.11. The van der Waals surface area contributed by atoms with E-state index in [2.05, 4.69) is 45.7 Å². The van der Waals surface area contributed by atoms with Gasteiger partial charge in [0.05, 0.1) is 12.0 Å². The van der Waals surface area contributed by atoms with Crippen molar-refractivity contribution in [1.29, 1.82) is 5.26 Å². The predicted molar refractivity (Wildman–Crippen MR) is 49.6 cm³/mol. The molecule has 0 bridgehead atoms. The summed E-state index contributed by atoms with van der Waals surface area (Å²) in [4.78, 5) is 2.31. The average molecular weight is 166 g/mol. The van der Waals surface area contributed by atoms with Gasteiger partial charge >= 0.3 is 0 Å². The van der Waals surface area contributed by atoms with Crippen LogP contribution in [0.4, 0.5) is 0 Å². The van der Waals surface area contributed by atoms with E-state index < -0.39 is 0 Å². The quantitative estimate of drug-likeness (QED) is 0.550. The van der Waals surface area contributed by atoms with Crippen molar-refractivity contribution in [3.8, 4) is 6.07 Å². The maximum atomic E-state index is 8.97. The van der Waals surface area contributed by atoms with Crippen LogP contribution in [0.3, 0.4) is 0 Å². The molecule has 1 atom stereocenters. The first-order valence-corrected chi connectivity index (χ1v) is 4.46. The molecule has 1 rings (SSSR count). The van der Waals surface area contributed by atoms with Gasteiger partial charge in [0.25, 0.3) is 0 Å². The zero-order valence-corrected chi connectivity index (χ0v) is 8.68. The molecule has 2 heteroatoms. The fourth-order valence-electron chi connectivity index (χ4n) is 2.10. The van der Waals surface area contributed by atoms with Crippen molar-refractivity contribution in [1.82, 2.24) is 4.90 Å². The van der Waals surface area contributed by atoms with Crippen LogP contribution in [0.1, 0.15) is 34.1 Å². The molecule has 1 unspecified atom stereocenters. The topological polar surface area (TPSA) is 27.0 Å². The zero-order chi connectivity index (χ0) is 9.57. The monoisotopic (exact) mass is 166 g/mol. The number of likely N-dealkylation sites (tertiary alicyclic amines) is 1. The van der Waals surface area contributed by atoms with E-state index in [1.165, 1.54) is 0 Å². The summed E-state index contributed by atoms with van der Waals surface area (Å²) in [6.07, 6.45) is 0.979. The van der Waals surface area contributed by atoms with Crippen LogP contribution in [-0.2, 0) is 0 Å². The fourth-order valence-corrected chi connectivity index (χ4v) is 2.10. The van der Waals surface area contributed by atoms with Gasteiger partial charge in [-0.2, -0.15) is 5.26 Å². The minimum Gasteiger partial charge on any atom is -0.295 e. The minimum absolute atomic E-state index is 0.0260. The molecule has 0 saturated carbocycles. The van der Waals surface area contributed by atoms with Gasteiger partial charge in [-0.15, -0.1) is 0 Å². The highest BCUT2D eigenvalue weighted by atomic mass is 15.3. The van der Waals surface area contributed by atoms with Crippen molar-refractivity contribution in [2.24, 2.45) is 5.92 Å². The van der Waals surface area contributed by atoms with Crippen LogP contribution >= 0.6 is 0 Å². The first-order chi connectivity index (χ1) is 5.32. The second kappa shape index (κ2) is 2.47. The van der Waals surface area contributed by atoms with Gasteiger partial charge < -0.3 is 0 Å². The van der Waals surface area contributed by atoms with Crippen LogP contribution in [0.15, 0.2) is 0 Å². The Morgan fingerprint density at radius 3 is 2.00 bits per heavy atom. The second-order valence-corrected chi connectivity index (χ2v) is 4.91. The van der Waals surface area contributed by atoms with E-state index in [1.807, 2.05) is 0 Å². The van der Waals surface area contributed by atoms with E-state index in [-0.39, 0.29) is 17.0 Å². The molecule has 0 amide bonds. The van der Waals surface area contributed by atoms with Gasteiger partial charge in [-0.25, -0.2) is 0 Å². The first kappa shape index (κ1) is 9.54. The van der Waals surface area contributed by atoms with Crippen LogP contribution in [0.2, 0.25) is 0 Å². The lowest BCUT2D eigenvalue weighted by atomic mass is 9.88. The van der Waals surface area contributed by atoms with Crippen molar-refractivity contribution in [2.45, 2.75) is 45.2 Å². The number of nitriles is 1. The largest absolute Gasteiger partial charge is 0.295 e. The lowest BCUT2D eigenvalue weighted by Crippen LogP contribution is -2.46. The first-order valence-electron chi connectivity index (χ1n) is 4.46. The molecule has 0 aromatic rings. The van der Waals surface area contributed by atoms with Crippen molar-refractivity contribution in [3.05, 3.63) is 0 Å². The maximum absolute atomic E-state index is 8.97. The van der Waals surface area contributed by atoms with Gasteiger partial charge in [0.1, 0.15) is 0 Å². The second-order valence-electron chi connectivity index (χ2n) is 4.91. The van der Waals surface area contributed by atoms with Gasteiger partial charge in [-0.1, -0.05) is 0 Å². The van der Waals surface area contributed by atoms with Crippen molar-refractivity contribution >= 4 is 0 Å². The van der Waals surface area contributed by atoms with Crippen LogP contribution in [0.5, 0.6) is 0 Å². The summed E-state index contributed by atoms with van der Waals surface area (Å²) >= 11 is 0. The van der Waals surface area contributed by atoms with Crippen LogP contribution in [0.25, 0.3) is 0 Å². The van der Waals surface area contributed by atoms with Crippen molar-refractivity contribution in [3.63, 3.8) is 0 Å². The molecule has 0 spiro atoms. The Morgan fingerprint density at radius 2 is 1.83 bits per heavy atom. The summed E-state index contributed by atoms with van der Waals surface area (Å²) in [7, 11) is 2.11. The molecular formula is C10H18N2. The molecule has 12 heavy (non-hydrogen) atoms. The number of nitrogens with zero attached hydrogens (tertiary/aromatic N) is 2. The molecule has 0 radical (unpaired) electrons. The summed E-state index contributed by atoms with van der Waals surface area (Å²) in [6, 6.07) is 2.40. The standard InChI is InChI=1S/C10H18N2/c1-9(2)6-8(7-11)10(3,4)12(9)5/h8H,6H2,1-5H3. The summed E-state index contributed by atoms with van der Waals surface area (Å²) in [5.74, 6) is 0.164. The van der Waals surface area contributed by atoms with Gasteiger partial charge in [-0.05, 0) is 41.2 Å². The Kier molecular flexibility index (Phi) is 1.96.